The normalized spacial score (nSPS) is 18.2. The van der Waals surface area contributed by atoms with Crippen molar-refractivity contribution in [2.75, 3.05) is 25.4 Å². The topological polar surface area (TPSA) is 105 Å². The summed E-state index contributed by atoms with van der Waals surface area (Å²) in [6.07, 6.45) is 0.677. The lowest BCUT2D eigenvalue weighted by Gasteiger charge is -2.26. The zero-order valence-corrected chi connectivity index (χ0v) is 17.9. The van der Waals surface area contributed by atoms with Gasteiger partial charge in [0, 0.05) is 19.5 Å². The number of urea groups is 1. The SMILES string of the molecule is O=C1CCN(CCCCCS(=O)(=O)NC2(c3cccc(OCC(F)F)c3)CC2)C(=O)N1. The zero-order chi connectivity index (χ0) is 22.5. The minimum Gasteiger partial charge on any atom is -0.488 e. The summed E-state index contributed by atoms with van der Waals surface area (Å²) in [6.45, 7) is 0.145. The van der Waals surface area contributed by atoms with E-state index in [0.29, 0.717) is 50.8 Å². The predicted octanol–water partition coefficient (Wildman–Crippen LogP) is 2.35. The van der Waals surface area contributed by atoms with Crippen LogP contribution in [0.15, 0.2) is 24.3 Å². The lowest BCUT2D eigenvalue weighted by atomic mass is 10.1. The Kier molecular flexibility index (Phi) is 7.47. The minimum atomic E-state index is -3.54. The highest BCUT2D eigenvalue weighted by molar-refractivity contribution is 7.89. The lowest BCUT2D eigenvalue weighted by Crippen LogP contribution is -2.49. The number of carbonyl (C=O) groups is 2. The van der Waals surface area contributed by atoms with Gasteiger partial charge < -0.3 is 9.64 Å². The Bertz CT molecular complexity index is 906. The van der Waals surface area contributed by atoms with Gasteiger partial charge in [0.25, 0.3) is 6.43 Å². The number of amides is 3. The van der Waals surface area contributed by atoms with Gasteiger partial charge in [-0.3, -0.25) is 10.1 Å². The smallest absolute Gasteiger partial charge is 0.324 e. The van der Waals surface area contributed by atoms with E-state index < -0.39 is 34.6 Å². The van der Waals surface area contributed by atoms with E-state index >= 15 is 0 Å². The fourth-order valence-electron chi connectivity index (χ4n) is 3.55. The summed E-state index contributed by atoms with van der Waals surface area (Å²) in [5, 5.41) is 2.26. The number of nitrogens with one attached hydrogen (secondary N) is 2. The number of halogens is 2. The molecule has 0 aromatic heterocycles. The monoisotopic (exact) mass is 459 g/mol. The molecule has 0 spiro atoms. The fourth-order valence-corrected chi connectivity index (χ4v) is 5.15. The summed E-state index contributed by atoms with van der Waals surface area (Å²) >= 11 is 0. The Labute approximate surface area is 180 Å². The largest absolute Gasteiger partial charge is 0.488 e. The number of nitrogens with zero attached hydrogens (tertiary/aromatic N) is 1. The number of benzene rings is 1. The third-order valence-electron chi connectivity index (χ3n) is 5.35. The van der Waals surface area contributed by atoms with Crippen molar-refractivity contribution < 1.29 is 31.5 Å². The van der Waals surface area contributed by atoms with Crippen LogP contribution in [0.25, 0.3) is 0 Å². The van der Waals surface area contributed by atoms with Gasteiger partial charge in [0.2, 0.25) is 15.9 Å². The van der Waals surface area contributed by atoms with E-state index in [-0.39, 0.29) is 23.8 Å². The van der Waals surface area contributed by atoms with Crippen LogP contribution in [0, 0.1) is 0 Å². The molecule has 2 N–H and O–H groups in total. The number of hydrogen-bond acceptors (Lipinski definition) is 5. The van der Waals surface area contributed by atoms with Crippen LogP contribution >= 0.6 is 0 Å². The molecule has 31 heavy (non-hydrogen) atoms. The van der Waals surface area contributed by atoms with Crippen molar-refractivity contribution in [3.63, 3.8) is 0 Å². The second-order valence-electron chi connectivity index (χ2n) is 7.88. The van der Waals surface area contributed by atoms with E-state index in [1.165, 1.54) is 0 Å². The Morgan fingerprint density at radius 2 is 1.97 bits per heavy atom. The first-order valence-electron chi connectivity index (χ1n) is 10.3. The molecule has 0 radical (unpaired) electrons. The van der Waals surface area contributed by atoms with Crippen molar-refractivity contribution in [1.82, 2.24) is 14.9 Å². The molecule has 3 rings (SSSR count). The third kappa shape index (κ3) is 6.86. The summed E-state index contributed by atoms with van der Waals surface area (Å²) in [7, 11) is -3.54. The number of rotatable bonds is 12. The maximum atomic E-state index is 12.6. The molecule has 1 aromatic rings. The second kappa shape index (κ2) is 9.90. The number of alkyl halides is 2. The number of sulfonamides is 1. The van der Waals surface area contributed by atoms with Crippen LogP contribution in [0.5, 0.6) is 5.75 Å². The molecule has 0 bridgehead atoms. The maximum absolute atomic E-state index is 12.6. The molecule has 11 heteroatoms. The van der Waals surface area contributed by atoms with Crippen molar-refractivity contribution in [3.05, 3.63) is 29.8 Å². The molecule has 0 atom stereocenters. The molecular weight excluding hydrogens is 432 g/mol. The first-order valence-corrected chi connectivity index (χ1v) is 12.0. The molecule has 2 fully saturated rings. The molecule has 1 saturated heterocycles. The van der Waals surface area contributed by atoms with Gasteiger partial charge in [0.05, 0.1) is 11.3 Å². The van der Waals surface area contributed by atoms with Crippen LogP contribution in [0.2, 0.25) is 0 Å². The quantitative estimate of drug-likeness (QED) is 0.467. The molecule has 1 heterocycles. The van der Waals surface area contributed by atoms with Crippen LogP contribution < -0.4 is 14.8 Å². The minimum absolute atomic E-state index is 0.0407. The van der Waals surface area contributed by atoms with E-state index in [9.17, 15) is 26.8 Å². The lowest BCUT2D eigenvalue weighted by molar-refractivity contribution is -0.121. The van der Waals surface area contributed by atoms with Crippen molar-refractivity contribution >= 4 is 22.0 Å². The molecular formula is C20H27F2N3O5S. The van der Waals surface area contributed by atoms with Crippen LogP contribution in [-0.4, -0.2) is 57.1 Å². The molecule has 1 aromatic carbocycles. The van der Waals surface area contributed by atoms with E-state index in [1.807, 2.05) is 0 Å². The summed E-state index contributed by atoms with van der Waals surface area (Å²) in [4.78, 5) is 24.4. The number of unbranched alkanes of at least 4 members (excludes halogenated alkanes) is 2. The number of imide groups is 1. The summed E-state index contributed by atoms with van der Waals surface area (Å²) in [6, 6.07) is 6.19. The fraction of sp³-hybridized carbons (Fsp3) is 0.600. The first-order chi connectivity index (χ1) is 14.7. The van der Waals surface area contributed by atoms with Crippen LogP contribution in [0.3, 0.4) is 0 Å². The Morgan fingerprint density at radius 3 is 2.65 bits per heavy atom. The van der Waals surface area contributed by atoms with Gasteiger partial charge >= 0.3 is 6.03 Å². The summed E-state index contributed by atoms with van der Waals surface area (Å²) in [5.74, 6) is -0.0358. The highest BCUT2D eigenvalue weighted by Crippen LogP contribution is 2.46. The molecule has 0 unspecified atom stereocenters. The van der Waals surface area contributed by atoms with Crippen LogP contribution in [0.1, 0.15) is 44.1 Å². The molecule has 1 aliphatic carbocycles. The van der Waals surface area contributed by atoms with Crippen LogP contribution in [0.4, 0.5) is 13.6 Å². The number of ether oxygens (including phenoxy) is 1. The first kappa shape index (κ1) is 23.4. The van der Waals surface area contributed by atoms with Gasteiger partial charge in [-0.1, -0.05) is 18.6 Å². The van der Waals surface area contributed by atoms with Crippen molar-refractivity contribution in [2.24, 2.45) is 0 Å². The van der Waals surface area contributed by atoms with Gasteiger partial charge in [0.15, 0.2) is 0 Å². The summed E-state index contributed by atoms with van der Waals surface area (Å²) < 4.78 is 57.6. The number of carbonyl (C=O) groups excluding carboxylic acids is 2. The molecule has 1 aliphatic heterocycles. The number of hydrogen-bond donors (Lipinski definition) is 2. The highest BCUT2D eigenvalue weighted by atomic mass is 32.2. The maximum Gasteiger partial charge on any atom is 0.324 e. The average Bonchev–Trinajstić information content (AvgIpc) is 3.48. The van der Waals surface area contributed by atoms with Gasteiger partial charge in [-0.25, -0.2) is 26.7 Å². The Balaban J connectivity index is 1.44. The van der Waals surface area contributed by atoms with Gasteiger partial charge in [-0.2, -0.15) is 0 Å². The second-order valence-corrected chi connectivity index (χ2v) is 9.73. The van der Waals surface area contributed by atoms with Crippen molar-refractivity contribution in [3.8, 4) is 5.75 Å². The molecule has 3 amide bonds. The zero-order valence-electron chi connectivity index (χ0n) is 17.1. The standard InChI is InChI=1S/C20H27F2N3O5S/c21-17(22)14-30-16-6-4-5-15(13-16)20(8-9-20)24-31(28,29)12-3-1-2-10-25-11-7-18(26)23-19(25)27/h4-6,13,17,24H,1-3,7-12,14H2,(H,23,26,27). The third-order valence-corrected chi connectivity index (χ3v) is 6.87. The molecule has 172 valence electrons. The van der Waals surface area contributed by atoms with E-state index in [4.69, 9.17) is 4.74 Å². The van der Waals surface area contributed by atoms with E-state index in [0.717, 1.165) is 0 Å². The average molecular weight is 460 g/mol. The summed E-state index contributed by atoms with van der Waals surface area (Å²) in [5.41, 5.74) is -0.00457. The van der Waals surface area contributed by atoms with Crippen molar-refractivity contribution in [2.45, 2.75) is 50.5 Å². The molecule has 1 saturated carbocycles. The van der Waals surface area contributed by atoms with Crippen molar-refractivity contribution in [1.29, 1.82) is 0 Å². The van der Waals surface area contributed by atoms with E-state index in [1.54, 1.807) is 29.2 Å². The molecule has 8 nitrogen and oxygen atoms in total. The molecule has 2 aliphatic rings. The highest BCUT2D eigenvalue weighted by Gasteiger charge is 2.47. The van der Waals surface area contributed by atoms with Gasteiger partial charge in [0.1, 0.15) is 12.4 Å². The van der Waals surface area contributed by atoms with E-state index in [2.05, 4.69) is 10.0 Å². The van der Waals surface area contributed by atoms with Crippen LogP contribution in [-0.2, 0) is 20.4 Å². The Morgan fingerprint density at radius 1 is 1.19 bits per heavy atom. The Hall–Kier alpha value is -2.27. The predicted molar refractivity (Wildman–Crippen MR) is 109 cm³/mol. The van der Waals surface area contributed by atoms with Gasteiger partial charge in [-0.05, 0) is 43.4 Å². The van der Waals surface area contributed by atoms with Gasteiger partial charge in [-0.15, -0.1) is 0 Å².